The van der Waals surface area contributed by atoms with Gasteiger partial charge < -0.3 is 10.0 Å². The molecule has 2 heteroatoms. The zero-order chi connectivity index (χ0) is 11.8. The molecule has 0 spiro atoms. The van der Waals surface area contributed by atoms with Gasteiger partial charge in [0.25, 0.3) is 0 Å². The van der Waals surface area contributed by atoms with Gasteiger partial charge in [0.15, 0.2) is 0 Å². The maximum absolute atomic E-state index is 9.57. The van der Waals surface area contributed by atoms with Gasteiger partial charge in [0.2, 0.25) is 0 Å². The van der Waals surface area contributed by atoms with E-state index in [4.69, 9.17) is 0 Å². The highest BCUT2D eigenvalue weighted by atomic mass is 16.3. The van der Waals surface area contributed by atoms with Crippen molar-refractivity contribution in [2.45, 2.75) is 38.0 Å². The fourth-order valence-electron chi connectivity index (χ4n) is 3.36. The third kappa shape index (κ3) is 1.95. The Hall–Kier alpha value is -1.02. The van der Waals surface area contributed by atoms with E-state index in [-0.39, 0.29) is 0 Å². The smallest absolute Gasteiger partial charge is 0.115 e. The van der Waals surface area contributed by atoms with E-state index in [1.165, 1.54) is 50.0 Å². The van der Waals surface area contributed by atoms with E-state index in [1.807, 2.05) is 12.1 Å². The number of hydrogen-bond donors (Lipinski definition) is 1. The first kappa shape index (κ1) is 11.1. The Bertz CT molecular complexity index is 409. The van der Waals surface area contributed by atoms with Crippen LogP contribution >= 0.6 is 0 Å². The average Bonchev–Trinajstić information content (AvgIpc) is 2.37. The number of nitrogens with zero attached hydrogens (tertiary/aromatic N) is 1. The number of phenols is 1. The van der Waals surface area contributed by atoms with E-state index >= 15 is 0 Å². The van der Waals surface area contributed by atoms with Gasteiger partial charge in [-0.2, -0.15) is 0 Å². The van der Waals surface area contributed by atoms with Crippen LogP contribution in [0.2, 0.25) is 0 Å². The van der Waals surface area contributed by atoms with Gasteiger partial charge in [-0.3, -0.25) is 0 Å². The highest BCUT2D eigenvalue weighted by molar-refractivity contribution is 5.48. The van der Waals surface area contributed by atoms with Crippen LogP contribution in [-0.2, 0) is 0 Å². The predicted molar refractivity (Wildman–Crippen MR) is 69.6 cm³/mol. The zero-order valence-corrected chi connectivity index (χ0v) is 10.5. The first-order valence-electron chi connectivity index (χ1n) is 6.81. The molecule has 1 aliphatic heterocycles. The predicted octanol–water partition coefficient (Wildman–Crippen LogP) is 3.08. The lowest BCUT2D eigenvalue weighted by molar-refractivity contribution is 0.200. The van der Waals surface area contributed by atoms with Crippen LogP contribution in [0, 0.1) is 0 Å². The van der Waals surface area contributed by atoms with Gasteiger partial charge in [-0.15, -0.1) is 0 Å². The van der Waals surface area contributed by atoms with E-state index in [9.17, 15) is 5.11 Å². The van der Waals surface area contributed by atoms with E-state index in [0.29, 0.717) is 17.6 Å². The maximum atomic E-state index is 9.57. The molecule has 0 saturated carbocycles. The van der Waals surface area contributed by atoms with Crippen molar-refractivity contribution in [2.75, 3.05) is 19.6 Å². The molecule has 1 aliphatic carbocycles. The van der Waals surface area contributed by atoms with Crippen LogP contribution in [-0.4, -0.2) is 29.6 Å². The molecule has 1 fully saturated rings. The zero-order valence-electron chi connectivity index (χ0n) is 10.5. The lowest BCUT2D eigenvalue weighted by Gasteiger charge is -2.41. The van der Waals surface area contributed by atoms with Crippen molar-refractivity contribution < 1.29 is 5.11 Å². The highest BCUT2D eigenvalue weighted by Gasteiger charge is 2.35. The minimum Gasteiger partial charge on any atom is -0.508 e. The van der Waals surface area contributed by atoms with E-state index in [1.54, 1.807) is 0 Å². The topological polar surface area (TPSA) is 23.5 Å². The summed E-state index contributed by atoms with van der Waals surface area (Å²) in [7, 11) is 0. The Balaban J connectivity index is 1.72. The van der Waals surface area contributed by atoms with Crippen LogP contribution in [0.1, 0.15) is 49.1 Å². The summed E-state index contributed by atoms with van der Waals surface area (Å²) in [5.41, 5.74) is 2.81. The fraction of sp³-hybridized carbons (Fsp3) is 0.600. The molecule has 1 heterocycles. The van der Waals surface area contributed by atoms with Gasteiger partial charge in [0.05, 0.1) is 0 Å². The number of fused-ring (bicyclic) bond motifs is 1. The molecule has 1 aromatic carbocycles. The molecule has 2 atom stereocenters. The van der Waals surface area contributed by atoms with Crippen molar-refractivity contribution in [3.05, 3.63) is 29.3 Å². The third-order valence-electron chi connectivity index (χ3n) is 4.47. The molecule has 2 aliphatic rings. The van der Waals surface area contributed by atoms with E-state index in [2.05, 4.69) is 17.9 Å². The van der Waals surface area contributed by atoms with Gasteiger partial charge in [-0.1, -0.05) is 19.4 Å². The van der Waals surface area contributed by atoms with Crippen LogP contribution in [0.25, 0.3) is 0 Å². The largest absolute Gasteiger partial charge is 0.508 e. The molecule has 2 unspecified atom stereocenters. The minimum absolute atomic E-state index is 0.416. The van der Waals surface area contributed by atoms with Crippen molar-refractivity contribution >= 4 is 0 Å². The summed E-state index contributed by atoms with van der Waals surface area (Å²) < 4.78 is 0. The molecule has 0 radical (unpaired) electrons. The average molecular weight is 231 g/mol. The minimum atomic E-state index is 0.416. The van der Waals surface area contributed by atoms with Crippen LogP contribution < -0.4 is 0 Å². The van der Waals surface area contributed by atoms with Crippen molar-refractivity contribution in [2.24, 2.45) is 0 Å². The summed E-state index contributed by atoms with van der Waals surface area (Å²) in [5, 5.41) is 9.57. The monoisotopic (exact) mass is 231 g/mol. The molecular formula is C15H21NO. The Labute approximate surface area is 103 Å². The second-order valence-electron chi connectivity index (χ2n) is 5.57. The second-order valence-corrected chi connectivity index (χ2v) is 5.57. The molecule has 1 N–H and O–H groups in total. The van der Waals surface area contributed by atoms with E-state index in [0.717, 1.165) is 0 Å². The summed E-state index contributed by atoms with van der Waals surface area (Å²) >= 11 is 0. The molecule has 17 heavy (non-hydrogen) atoms. The number of piperidine rings is 1. The van der Waals surface area contributed by atoms with Crippen molar-refractivity contribution in [1.29, 1.82) is 0 Å². The summed E-state index contributed by atoms with van der Waals surface area (Å²) in [6.07, 6.45) is 4.11. The van der Waals surface area contributed by atoms with Crippen molar-refractivity contribution in [3.63, 3.8) is 0 Å². The summed E-state index contributed by atoms with van der Waals surface area (Å²) in [6.45, 7) is 6.01. The van der Waals surface area contributed by atoms with Crippen molar-refractivity contribution in [1.82, 2.24) is 4.90 Å². The first-order valence-corrected chi connectivity index (χ1v) is 6.81. The van der Waals surface area contributed by atoms with Gasteiger partial charge in [0.1, 0.15) is 5.75 Å². The van der Waals surface area contributed by atoms with Gasteiger partial charge in [-0.05, 0) is 55.1 Å². The molecule has 2 nitrogen and oxygen atoms in total. The molecule has 1 aromatic rings. The molecule has 0 bridgehead atoms. The van der Waals surface area contributed by atoms with Crippen LogP contribution in [0.3, 0.4) is 0 Å². The number of rotatable bonds is 2. The lowest BCUT2D eigenvalue weighted by atomic mass is 9.68. The Morgan fingerprint density at radius 1 is 1.18 bits per heavy atom. The fourth-order valence-corrected chi connectivity index (χ4v) is 3.36. The van der Waals surface area contributed by atoms with Crippen LogP contribution in [0.4, 0.5) is 0 Å². The molecule has 3 rings (SSSR count). The second kappa shape index (κ2) is 4.34. The maximum Gasteiger partial charge on any atom is 0.115 e. The van der Waals surface area contributed by atoms with Crippen LogP contribution in [0.15, 0.2) is 18.2 Å². The molecule has 1 saturated heterocycles. The highest BCUT2D eigenvalue weighted by Crippen LogP contribution is 2.47. The van der Waals surface area contributed by atoms with Crippen LogP contribution in [0.5, 0.6) is 5.75 Å². The SMILES string of the molecule is CC1c2ccc(O)cc2C1CN1CCCCC1. The quantitative estimate of drug-likeness (QED) is 0.845. The van der Waals surface area contributed by atoms with Gasteiger partial charge in [-0.25, -0.2) is 0 Å². The normalized spacial score (nSPS) is 28.5. The lowest BCUT2D eigenvalue weighted by Crippen LogP contribution is -2.38. The van der Waals surface area contributed by atoms with Gasteiger partial charge >= 0.3 is 0 Å². The molecule has 0 amide bonds. The number of likely N-dealkylation sites (tertiary alicyclic amines) is 1. The standard InChI is InChI=1S/C15H21NO/c1-11-13-6-5-12(17)9-14(13)15(11)10-16-7-3-2-4-8-16/h5-6,9,11,15,17H,2-4,7-8,10H2,1H3. The third-order valence-corrected chi connectivity index (χ3v) is 4.47. The number of aromatic hydroxyl groups is 1. The Kier molecular flexibility index (Phi) is 2.83. The summed E-state index contributed by atoms with van der Waals surface area (Å²) in [6, 6.07) is 5.86. The Morgan fingerprint density at radius 2 is 1.94 bits per heavy atom. The molecule has 92 valence electrons. The number of hydrogen-bond acceptors (Lipinski definition) is 2. The number of benzene rings is 1. The molecular weight excluding hydrogens is 210 g/mol. The molecule has 0 aromatic heterocycles. The first-order chi connectivity index (χ1) is 8.25. The van der Waals surface area contributed by atoms with E-state index < -0.39 is 0 Å². The van der Waals surface area contributed by atoms with Crippen molar-refractivity contribution in [3.8, 4) is 5.75 Å². The summed E-state index contributed by atoms with van der Waals surface area (Å²) in [4.78, 5) is 2.59. The Morgan fingerprint density at radius 3 is 2.71 bits per heavy atom. The van der Waals surface area contributed by atoms with Gasteiger partial charge in [0, 0.05) is 12.5 Å². The summed E-state index contributed by atoms with van der Waals surface area (Å²) in [5.74, 6) is 1.71. The number of phenolic OH excluding ortho intramolecular Hbond substituents is 1.